The van der Waals surface area contributed by atoms with Crippen LogP contribution in [-0.4, -0.2) is 25.0 Å². The van der Waals surface area contributed by atoms with Gasteiger partial charge in [0.25, 0.3) is 0 Å². The van der Waals surface area contributed by atoms with Gasteiger partial charge in [0.1, 0.15) is 0 Å². The minimum absolute atomic E-state index is 0.334. The Morgan fingerprint density at radius 2 is 2.00 bits per heavy atom. The zero-order valence-corrected chi connectivity index (χ0v) is 10.7. The van der Waals surface area contributed by atoms with Crippen LogP contribution in [0, 0.1) is 5.92 Å². The number of halogens is 3. The van der Waals surface area contributed by atoms with E-state index in [4.69, 9.17) is 5.73 Å². The van der Waals surface area contributed by atoms with Gasteiger partial charge in [-0.05, 0) is 31.1 Å². The Morgan fingerprint density at radius 3 is 2.56 bits per heavy atom. The Bertz CT molecular complexity index is 377. The van der Waals surface area contributed by atoms with Gasteiger partial charge in [-0.15, -0.1) is 0 Å². The molecular formula is C13H19F3N2. The minimum Gasteiger partial charge on any atom is -0.330 e. The fourth-order valence-corrected chi connectivity index (χ4v) is 1.83. The average Bonchev–Trinajstić information content (AvgIpc) is 2.27. The van der Waals surface area contributed by atoms with Crippen LogP contribution in [-0.2, 0) is 12.7 Å². The molecule has 0 bridgehead atoms. The molecule has 2 N–H and O–H groups in total. The molecule has 1 atom stereocenters. The maximum Gasteiger partial charge on any atom is 0.416 e. The minimum atomic E-state index is -4.28. The topological polar surface area (TPSA) is 29.3 Å². The number of nitrogens with two attached hydrogens (primary N) is 1. The van der Waals surface area contributed by atoms with E-state index in [2.05, 4.69) is 0 Å². The standard InChI is InChI=1S/C13H19F3N2/c1-10(7-17)8-18(2)9-11-4-3-5-12(6-11)13(14,15)16/h3-6,10H,7-9,17H2,1-2H3. The summed E-state index contributed by atoms with van der Waals surface area (Å²) in [7, 11) is 1.88. The highest BCUT2D eigenvalue weighted by Crippen LogP contribution is 2.29. The molecule has 1 aromatic carbocycles. The summed E-state index contributed by atoms with van der Waals surface area (Å²) in [6.45, 7) is 3.86. The van der Waals surface area contributed by atoms with Crippen molar-refractivity contribution in [2.45, 2.75) is 19.6 Å². The van der Waals surface area contributed by atoms with Crippen LogP contribution in [0.2, 0.25) is 0 Å². The van der Waals surface area contributed by atoms with Crippen molar-refractivity contribution in [1.82, 2.24) is 4.90 Å². The van der Waals surface area contributed by atoms with Crippen LogP contribution in [0.4, 0.5) is 13.2 Å². The van der Waals surface area contributed by atoms with Gasteiger partial charge in [-0.3, -0.25) is 0 Å². The van der Waals surface area contributed by atoms with E-state index < -0.39 is 11.7 Å². The first kappa shape index (κ1) is 15.0. The molecule has 0 heterocycles. The second-order valence-corrected chi connectivity index (χ2v) is 4.74. The summed E-state index contributed by atoms with van der Waals surface area (Å²) in [6, 6.07) is 5.44. The van der Waals surface area contributed by atoms with Gasteiger partial charge in [-0.1, -0.05) is 25.1 Å². The molecule has 0 saturated heterocycles. The van der Waals surface area contributed by atoms with Gasteiger partial charge in [0.2, 0.25) is 0 Å². The number of hydrogen-bond donors (Lipinski definition) is 1. The quantitative estimate of drug-likeness (QED) is 0.882. The largest absolute Gasteiger partial charge is 0.416 e. The molecule has 0 spiro atoms. The van der Waals surface area contributed by atoms with E-state index in [1.54, 1.807) is 6.07 Å². The second kappa shape index (κ2) is 6.20. The Morgan fingerprint density at radius 1 is 1.33 bits per heavy atom. The molecule has 0 amide bonds. The summed E-state index contributed by atoms with van der Waals surface area (Å²) >= 11 is 0. The van der Waals surface area contributed by atoms with Gasteiger partial charge in [-0.25, -0.2) is 0 Å². The van der Waals surface area contributed by atoms with Gasteiger partial charge in [0.15, 0.2) is 0 Å². The summed E-state index contributed by atoms with van der Waals surface area (Å²) < 4.78 is 37.6. The number of hydrogen-bond acceptors (Lipinski definition) is 2. The van der Waals surface area contributed by atoms with Gasteiger partial charge in [0, 0.05) is 13.1 Å². The summed E-state index contributed by atoms with van der Waals surface area (Å²) in [6.07, 6.45) is -4.28. The monoisotopic (exact) mass is 260 g/mol. The van der Waals surface area contributed by atoms with E-state index in [0.29, 0.717) is 24.6 Å². The molecule has 0 fully saturated rings. The van der Waals surface area contributed by atoms with Crippen molar-refractivity contribution in [1.29, 1.82) is 0 Å². The summed E-state index contributed by atoms with van der Waals surface area (Å²) in [5.74, 6) is 0.334. The number of alkyl halides is 3. The SMILES string of the molecule is CC(CN)CN(C)Cc1cccc(C(F)(F)F)c1. The number of benzene rings is 1. The molecule has 18 heavy (non-hydrogen) atoms. The lowest BCUT2D eigenvalue weighted by atomic mass is 10.1. The van der Waals surface area contributed by atoms with E-state index in [1.807, 2.05) is 18.9 Å². The molecule has 0 aliphatic carbocycles. The van der Waals surface area contributed by atoms with Gasteiger partial charge in [0.05, 0.1) is 5.56 Å². The number of nitrogens with zero attached hydrogens (tertiary/aromatic N) is 1. The van der Waals surface area contributed by atoms with Crippen molar-refractivity contribution < 1.29 is 13.2 Å². The predicted octanol–water partition coefficient (Wildman–Crippen LogP) is 2.73. The molecule has 0 radical (unpaired) electrons. The third kappa shape index (κ3) is 4.66. The fraction of sp³-hybridized carbons (Fsp3) is 0.538. The highest BCUT2D eigenvalue weighted by atomic mass is 19.4. The molecule has 1 aromatic rings. The molecule has 0 aliphatic rings. The van der Waals surface area contributed by atoms with Crippen LogP contribution in [0.1, 0.15) is 18.1 Å². The lowest BCUT2D eigenvalue weighted by Gasteiger charge is -2.20. The van der Waals surface area contributed by atoms with Crippen molar-refractivity contribution in [2.24, 2.45) is 11.7 Å². The zero-order chi connectivity index (χ0) is 13.8. The van der Waals surface area contributed by atoms with Crippen molar-refractivity contribution in [3.63, 3.8) is 0 Å². The highest BCUT2D eigenvalue weighted by Gasteiger charge is 2.30. The Hall–Kier alpha value is -1.07. The third-order valence-corrected chi connectivity index (χ3v) is 2.73. The van der Waals surface area contributed by atoms with E-state index >= 15 is 0 Å². The summed E-state index contributed by atoms with van der Waals surface area (Å²) in [4.78, 5) is 1.98. The van der Waals surface area contributed by atoms with E-state index in [0.717, 1.165) is 12.6 Å². The lowest BCUT2D eigenvalue weighted by molar-refractivity contribution is -0.137. The normalized spacial score (nSPS) is 13.9. The fourth-order valence-electron chi connectivity index (χ4n) is 1.83. The maximum absolute atomic E-state index is 12.5. The van der Waals surface area contributed by atoms with Gasteiger partial charge < -0.3 is 10.6 Å². The maximum atomic E-state index is 12.5. The Labute approximate surface area is 106 Å². The highest BCUT2D eigenvalue weighted by molar-refractivity contribution is 5.25. The van der Waals surface area contributed by atoms with Crippen LogP contribution < -0.4 is 5.73 Å². The predicted molar refractivity (Wildman–Crippen MR) is 66.0 cm³/mol. The molecule has 0 saturated carbocycles. The molecule has 0 aliphatic heterocycles. The third-order valence-electron chi connectivity index (χ3n) is 2.73. The zero-order valence-electron chi connectivity index (χ0n) is 10.7. The van der Waals surface area contributed by atoms with E-state index in [-0.39, 0.29) is 0 Å². The van der Waals surface area contributed by atoms with Crippen LogP contribution in [0.3, 0.4) is 0 Å². The van der Waals surface area contributed by atoms with Crippen LogP contribution in [0.15, 0.2) is 24.3 Å². The van der Waals surface area contributed by atoms with Crippen molar-refractivity contribution >= 4 is 0 Å². The number of rotatable bonds is 5. The van der Waals surface area contributed by atoms with Crippen LogP contribution >= 0.6 is 0 Å². The lowest BCUT2D eigenvalue weighted by Crippen LogP contribution is -2.28. The van der Waals surface area contributed by atoms with Crippen LogP contribution in [0.5, 0.6) is 0 Å². The van der Waals surface area contributed by atoms with Crippen molar-refractivity contribution in [3.05, 3.63) is 35.4 Å². The van der Waals surface area contributed by atoms with Crippen molar-refractivity contribution in [3.8, 4) is 0 Å². The summed E-state index contributed by atoms with van der Waals surface area (Å²) in [5, 5.41) is 0. The molecule has 1 rings (SSSR count). The van der Waals surface area contributed by atoms with E-state index in [1.165, 1.54) is 12.1 Å². The smallest absolute Gasteiger partial charge is 0.330 e. The molecule has 5 heteroatoms. The Kier molecular flexibility index (Phi) is 5.16. The molecule has 0 aromatic heterocycles. The Balaban J connectivity index is 2.68. The first-order chi connectivity index (χ1) is 8.32. The average molecular weight is 260 g/mol. The molecule has 2 nitrogen and oxygen atoms in total. The van der Waals surface area contributed by atoms with Crippen LogP contribution in [0.25, 0.3) is 0 Å². The van der Waals surface area contributed by atoms with Gasteiger partial charge in [-0.2, -0.15) is 13.2 Å². The molecular weight excluding hydrogens is 241 g/mol. The summed E-state index contributed by atoms with van der Waals surface area (Å²) in [5.41, 5.74) is 5.59. The first-order valence-corrected chi connectivity index (χ1v) is 5.87. The van der Waals surface area contributed by atoms with E-state index in [9.17, 15) is 13.2 Å². The second-order valence-electron chi connectivity index (χ2n) is 4.74. The first-order valence-electron chi connectivity index (χ1n) is 5.87. The van der Waals surface area contributed by atoms with Crippen molar-refractivity contribution in [2.75, 3.05) is 20.1 Å². The molecule has 102 valence electrons. The molecule has 1 unspecified atom stereocenters. The van der Waals surface area contributed by atoms with Gasteiger partial charge >= 0.3 is 6.18 Å².